The Morgan fingerprint density at radius 1 is 1.12 bits per heavy atom. The van der Waals surface area contributed by atoms with Crippen molar-refractivity contribution >= 4 is 17.8 Å². The molecule has 0 unspecified atom stereocenters. The summed E-state index contributed by atoms with van der Waals surface area (Å²) < 4.78 is 0. The number of likely N-dealkylation sites (tertiary alicyclic amines) is 1. The Kier molecular flexibility index (Phi) is 5.59. The van der Waals surface area contributed by atoms with Crippen molar-refractivity contribution < 1.29 is 14.4 Å². The van der Waals surface area contributed by atoms with Gasteiger partial charge in [-0.25, -0.2) is 4.79 Å². The molecule has 3 atom stereocenters. The lowest BCUT2D eigenvalue weighted by Gasteiger charge is -2.35. The Labute approximate surface area is 154 Å². The minimum absolute atomic E-state index is 0.143. The smallest absolute Gasteiger partial charge is 0.325 e. The normalized spacial score (nSPS) is 26.2. The second-order valence-corrected chi connectivity index (χ2v) is 7.70. The van der Waals surface area contributed by atoms with Crippen LogP contribution in [0.5, 0.6) is 0 Å². The third-order valence-electron chi connectivity index (χ3n) is 5.19. The zero-order valence-corrected chi connectivity index (χ0v) is 15.5. The maximum atomic E-state index is 12.6. The van der Waals surface area contributed by atoms with E-state index in [9.17, 15) is 14.4 Å². The van der Waals surface area contributed by atoms with E-state index in [0.29, 0.717) is 37.8 Å². The van der Waals surface area contributed by atoms with E-state index >= 15 is 0 Å². The zero-order chi connectivity index (χ0) is 18.7. The van der Waals surface area contributed by atoms with Gasteiger partial charge in [0.25, 0.3) is 5.91 Å². The van der Waals surface area contributed by atoms with Crippen LogP contribution in [-0.4, -0.2) is 53.3 Å². The highest BCUT2D eigenvalue weighted by atomic mass is 16.2. The number of carbonyl (C=O) groups is 3. The van der Waals surface area contributed by atoms with Crippen LogP contribution in [0.25, 0.3) is 0 Å². The van der Waals surface area contributed by atoms with Gasteiger partial charge >= 0.3 is 6.03 Å². The van der Waals surface area contributed by atoms with Gasteiger partial charge in [0.15, 0.2) is 0 Å². The van der Waals surface area contributed by atoms with Crippen molar-refractivity contribution in [1.82, 2.24) is 15.1 Å². The number of piperidine rings is 1. The highest BCUT2D eigenvalue weighted by Gasteiger charge is 2.39. The monoisotopic (exact) mass is 357 g/mol. The SMILES string of the molecule is C[C@H]1C[C@H](C)CN(C(=O)CN2C(=O)N[C@@H](CCc3ccccc3)C2=O)C1. The molecule has 0 bridgehead atoms. The van der Waals surface area contributed by atoms with Crippen molar-refractivity contribution in [2.45, 2.75) is 39.2 Å². The predicted molar refractivity (Wildman–Crippen MR) is 98.3 cm³/mol. The van der Waals surface area contributed by atoms with E-state index in [-0.39, 0.29) is 18.4 Å². The first-order valence-corrected chi connectivity index (χ1v) is 9.37. The first kappa shape index (κ1) is 18.4. The van der Waals surface area contributed by atoms with Crippen molar-refractivity contribution in [2.75, 3.05) is 19.6 Å². The lowest BCUT2D eigenvalue weighted by atomic mass is 9.92. The summed E-state index contributed by atoms with van der Waals surface area (Å²) in [5.74, 6) is 0.460. The van der Waals surface area contributed by atoms with Crippen molar-refractivity contribution in [1.29, 1.82) is 0 Å². The van der Waals surface area contributed by atoms with Crippen molar-refractivity contribution in [3.8, 4) is 0 Å². The first-order valence-electron chi connectivity index (χ1n) is 9.37. The molecule has 0 saturated carbocycles. The second kappa shape index (κ2) is 7.89. The molecule has 3 rings (SSSR count). The molecule has 4 amide bonds. The van der Waals surface area contributed by atoms with Gasteiger partial charge in [-0.3, -0.25) is 14.5 Å². The fourth-order valence-electron chi connectivity index (χ4n) is 3.98. The summed E-state index contributed by atoms with van der Waals surface area (Å²) in [5, 5.41) is 2.72. The van der Waals surface area contributed by atoms with Crippen LogP contribution in [0.1, 0.15) is 32.3 Å². The Morgan fingerprint density at radius 2 is 1.77 bits per heavy atom. The summed E-state index contributed by atoms with van der Waals surface area (Å²) in [6.07, 6.45) is 2.35. The number of aryl methyl sites for hydroxylation is 1. The molecule has 0 spiro atoms. The topological polar surface area (TPSA) is 69.7 Å². The van der Waals surface area contributed by atoms with E-state index in [1.807, 2.05) is 30.3 Å². The average Bonchev–Trinajstić information content (AvgIpc) is 2.87. The Hall–Kier alpha value is -2.37. The lowest BCUT2D eigenvalue weighted by Crippen LogP contribution is -2.48. The van der Waals surface area contributed by atoms with Gasteiger partial charge in [-0.05, 0) is 36.7 Å². The van der Waals surface area contributed by atoms with Gasteiger partial charge in [0.1, 0.15) is 12.6 Å². The van der Waals surface area contributed by atoms with Gasteiger partial charge < -0.3 is 10.2 Å². The van der Waals surface area contributed by atoms with Gasteiger partial charge in [-0.15, -0.1) is 0 Å². The Morgan fingerprint density at radius 3 is 2.42 bits per heavy atom. The molecule has 2 fully saturated rings. The molecule has 0 aromatic heterocycles. The predicted octanol–water partition coefficient (Wildman–Crippen LogP) is 2.04. The molecule has 6 nitrogen and oxygen atoms in total. The second-order valence-electron chi connectivity index (χ2n) is 7.70. The van der Waals surface area contributed by atoms with Gasteiger partial charge in [0.2, 0.25) is 5.91 Å². The van der Waals surface area contributed by atoms with E-state index in [2.05, 4.69) is 19.2 Å². The molecule has 2 heterocycles. The number of nitrogens with one attached hydrogen (secondary N) is 1. The number of nitrogens with zero attached hydrogens (tertiary/aromatic N) is 2. The molecule has 1 N–H and O–H groups in total. The van der Waals surface area contributed by atoms with Crippen molar-refractivity contribution in [3.63, 3.8) is 0 Å². The van der Waals surface area contributed by atoms with Crippen molar-refractivity contribution in [2.24, 2.45) is 11.8 Å². The summed E-state index contributed by atoms with van der Waals surface area (Å²) in [7, 11) is 0. The summed E-state index contributed by atoms with van der Waals surface area (Å²) in [4.78, 5) is 40.2. The number of hydrogen-bond donors (Lipinski definition) is 1. The van der Waals surface area contributed by atoms with Crippen LogP contribution in [0.3, 0.4) is 0 Å². The van der Waals surface area contributed by atoms with Gasteiger partial charge in [-0.1, -0.05) is 44.2 Å². The number of urea groups is 1. The van der Waals surface area contributed by atoms with Crippen LogP contribution in [0.15, 0.2) is 30.3 Å². The number of amides is 4. The highest BCUT2D eigenvalue weighted by Crippen LogP contribution is 2.21. The maximum absolute atomic E-state index is 12.6. The fourth-order valence-corrected chi connectivity index (χ4v) is 3.98. The highest BCUT2D eigenvalue weighted by molar-refractivity contribution is 6.06. The van der Waals surface area contributed by atoms with Gasteiger partial charge in [0, 0.05) is 13.1 Å². The number of imide groups is 1. The Balaban J connectivity index is 1.56. The standard InChI is InChI=1S/C20H27N3O3/c1-14-10-15(2)12-22(11-14)18(24)13-23-19(25)17(21-20(23)26)9-8-16-6-4-3-5-7-16/h3-7,14-15,17H,8-13H2,1-2H3,(H,21,26)/t14-,15-,17-/m0/s1. The van der Waals surface area contributed by atoms with Gasteiger partial charge in [0.05, 0.1) is 0 Å². The molecular formula is C20H27N3O3. The molecule has 2 aliphatic heterocycles. The van der Waals surface area contributed by atoms with Crippen LogP contribution in [0.4, 0.5) is 4.79 Å². The van der Waals surface area contributed by atoms with Crippen LogP contribution < -0.4 is 5.32 Å². The molecule has 26 heavy (non-hydrogen) atoms. The summed E-state index contributed by atoms with van der Waals surface area (Å²) in [6.45, 7) is 5.49. The molecule has 0 radical (unpaired) electrons. The summed E-state index contributed by atoms with van der Waals surface area (Å²) in [5.41, 5.74) is 1.13. The quantitative estimate of drug-likeness (QED) is 0.820. The maximum Gasteiger partial charge on any atom is 0.325 e. The number of benzene rings is 1. The average molecular weight is 357 g/mol. The largest absolute Gasteiger partial charge is 0.341 e. The van der Waals surface area contributed by atoms with Crippen LogP contribution in [0.2, 0.25) is 0 Å². The number of rotatable bonds is 5. The molecule has 2 aliphatic rings. The van der Waals surface area contributed by atoms with E-state index < -0.39 is 12.1 Å². The molecule has 0 aliphatic carbocycles. The molecule has 140 valence electrons. The van der Waals surface area contributed by atoms with E-state index in [4.69, 9.17) is 0 Å². The van der Waals surface area contributed by atoms with E-state index in [1.165, 1.54) is 0 Å². The van der Waals surface area contributed by atoms with E-state index in [1.54, 1.807) is 4.90 Å². The molecular weight excluding hydrogens is 330 g/mol. The molecule has 1 aromatic rings. The minimum Gasteiger partial charge on any atom is -0.341 e. The molecule has 2 saturated heterocycles. The first-order chi connectivity index (χ1) is 12.4. The van der Waals surface area contributed by atoms with Crippen LogP contribution in [0, 0.1) is 11.8 Å². The van der Waals surface area contributed by atoms with Crippen molar-refractivity contribution in [3.05, 3.63) is 35.9 Å². The van der Waals surface area contributed by atoms with Gasteiger partial charge in [-0.2, -0.15) is 0 Å². The number of hydrogen-bond acceptors (Lipinski definition) is 3. The Bertz CT molecular complexity index is 666. The van der Waals surface area contributed by atoms with Crippen LogP contribution in [-0.2, 0) is 16.0 Å². The third kappa shape index (κ3) is 4.23. The zero-order valence-electron chi connectivity index (χ0n) is 15.5. The summed E-state index contributed by atoms with van der Waals surface area (Å²) in [6, 6.07) is 8.85. The summed E-state index contributed by atoms with van der Waals surface area (Å²) >= 11 is 0. The van der Waals surface area contributed by atoms with E-state index in [0.717, 1.165) is 16.9 Å². The lowest BCUT2D eigenvalue weighted by molar-refractivity contribution is -0.139. The molecule has 6 heteroatoms. The minimum atomic E-state index is -0.547. The number of carbonyl (C=O) groups excluding carboxylic acids is 3. The van der Waals surface area contributed by atoms with Crippen LogP contribution >= 0.6 is 0 Å². The molecule has 1 aromatic carbocycles. The third-order valence-corrected chi connectivity index (χ3v) is 5.19. The fraction of sp³-hybridized carbons (Fsp3) is 0.550.